The van der Waals surface area contributed by atoms with Gasteiger partial charge >= 0.3 is 29.6 Å². The number of carbonyl (C=O) groups is 3. The highest BCUT2D eigenvalue weighted by Crippen LogP contribution is 2.47. The Morgan fingerprint density at radius 3 is 2.30 bits per heavy atom. The highest BCUT2D eigenvalue weighted by atomic mass is 19.4. The number of alkyl halides is 3. The minimum absolute atomic E-state index is 0.105. The number of rotatable bonds is 6. The third-order valence-corrected chi connectivity index (χ3v) is 7.41. The second-order valence-electron chi connectivity index (χ2n) is 11.0. The molecule has 0 bridgehead atoms. The van der Waals surface area contributed by atoms with E-state index >= 15 is 0 Å². The van der Waals surface area contributed by atoms with Crippen molar-refractivity contribution in [2.75, 3.05) is 27.2 Å². The van der Waals surface area contributed by atoms with Gasteiger partial charge in [-0.3, -0.25) is 4.79 Å². The number of carboxylic acids is 1. The highest BCUT2D eigenvalue weighted by molar-refractivity contribution is 5.94. The zero-order chi connectivity index (χ0) is 34.1. The summed E-state index contributed by atoms with van der Waals surface area (Å²) in [5.74, 6) is -2.10. The molecule has 0 fully saturated rings. The maximum Gasteiger partial charge on any atom is 0.490 e. The number of hydrogen-bond acceptors (Lipinski definition) is 8. The lowest BCUT2D eigenvalue weighted by molar-refractivity contribution is -0.192. The first kappa shape index (κ1) is 33.8. The molecule has 2 aliphatic heterocycles. The Balaban J connectivity index is 0.000000617. The molecule has 13 nitrogen and oxygen atoms in total. The van der Waals surface area contributed by atoms with Crippen LogP contribution in [0.1, 0.15) is 42.7 Å². The molecule has 1 amide bonds. The van der Waals surface area contributed by atoms with Gasteiger partial charge in [-0.25, -0.2) is 33.1 Å². The van der Waals surface area contributed by atoms with Crippen LogP contribution in [-0.2, 0) is 11.3 Å². The lowest BCUT2D eigenvalue weighted by Crippen LogP contribution is -2.46. The first-order valence-electron chi connectivity index (χ1n) is 13.9. The van der Waals surface area contributed by atoms with Crippen molar-refractivity contribution in [1.29, 1.82) is 0 Å². The molecule has 2 aliphatic rings. The molecule has 0 spiro atoms. The molecule has 2 aromatic carbocycles. The van der Waals surface area contributed by atoms with Gasteiger partial charge < -0.3 is 24.8 Å². The van der Waals surface area contributed by atoms with Crippen LogP contribution < -0.4 is 26.2 Å². The molecule has 3 aromatic rings. The number of aromatic nitrogens is 3. The quantitative estimate of drug-likeness (QED) is 0.304. The molecule has 16 heteroatoms. The number of ether oxygens (including phenoxy) is 2. The van der Waals surface area contributed by atoms with Gasteiger partial charge in [0, 0.05) is 37.3 Å². The van der Waals surface area contributed by atoms with Crippen molar-refractivity contribution in [1.82, 2.24) is 24.1 Å². The summed E-state index contributed by atoms with van der Waals surface area (Å²) in [4.78, 5) is 61.8. The van der Waals surface area contributed by atoms with E-state index in [1.54, 1.807) is 56.6 Å². The number of amides is 1. The van der Waals surface area contributed by atoms with Crippen LogP contribution in [0, 0.1) is 0 Å². The second kappa shape index (κ2) is 12.7. The Kier molecular flexibility index (Phi) is 9.33. The molecule has 0 saturated carbocycles. The SMILES string of the molecule is CNCCN(C)C(=O)Oc1ccc2c(c1)OC(C)(C)C1=CCn3c(=O)n(-c4ccc(C(C)=O)cc4)c(=O)n3C12.O=C(O)C(F)(F)F. The number of hydrogen-bond donors (Lipinski definition) is 2. The zero-order valence-corrected chi connectivity index (χ0v) is 25.5. The van der Waals surface area contributed by atoms with Gasteiger partial charge in [-0.2, -0.15) is 13.2 Å². The van der Waals surface area contributed by atoms with Gasteiger partial charge in [0.05, 0.1) is 12.2 Å². The van der Waals surface area contributed by atoms with Crippen LogP contribution in [0.15, 0.2) is 63.7 Å². The van der Waals surface area contributed by atoms with Crippen molar-refractivity contribution in [3.05, 3.63) is 86.2 Å². The third kappa shape index (κ3) is 6.61. The van der Waals surface area contributed by atoms with Gasteiger partial charge in [-0.05, 0) is 69.8 Å². The van der Waals surface area contributed by atoms with E-state index in [0.717, 1.165) is 10.1 Å². The summed E-state index contributed by atoms with van der Waals surface area (Å²) in [5.41, 5.74) is 0.604. The second-order valence-corrected chi connectivity index (χ2v) is 11.0. The van der Waals surface area contributed by atoms with Crippen LogP contribution in [0.3, 0.4) is 0 Å². The molecule has 3 heterocycles. The van der Waals surface area contributed by atoms with Gasteiger partial charge in [0.15, 0.2) is 5.78 Å². The number of fused-ring (bicyclic) bond motifs is 5. The summed E-state index contributed by atoms with van der Waals surface area (Å²) in [7, 11) is 3.46. The molecular weight excluding hydrogens is 615 g/mol. The third-order valence-electron chi connectivity index (χ3n) is 7.41. The van der Waals surface area contributed by atoms with E-state index in [1.165, 1.54) is 21.2 Å². The number of nitrogens with zero attached hydrogens (tertiary/aromatic N) is 4. The molecule has 5 rings (SSSR count). The molecule has 0 aliphatic carbocycles. The Bertz CT molecular complexity index is 1820. The highest BCUT2D eigenvalue weighted by Gasteiger charge is 2.44. The summed E-state index contributed by atoms with van der Waals surface area (Å²) >= 11 is 0. The summed E-state index contributed by atoms with van der Waals surface area (Å²) in [6.45, 7) is 6.56. The van der Waals surface area contributed by atoms with E-state index in [-0.39, 0.29) is 12.3 Å². The molecule has 246 valence electrons. The van der Waals surface area contributed by atoms with E-state index in [1.807, 2.05) is 19.9 Å². The van der Waals surface area contributed by atoms with Crippen molar-refractivity contribution in [3.63, 3.8) is 0 Å². The van der Waals surface area contributed by atoms with Crippen LogP contribution in [0.5, 0.6) is 11.5 Å². The summed E-state index contributed by atoms with van der Waals surface area (Å²) < 4.78 is 47.6. The van der Waals surface area contributed by atoms with Gasteiger partial charge in [0.25, 0.3) is 0 Å². The lowest BCUT2D eigenvalue weighted by atomic mass is 9.83. The fourth-order valence-corrected chi connectivity index (χ4v) is 5.06. The Hall–Kier alpha value is -5.12. The maximum absolute atomic E-state index is 13.8. The van der Waals surface area contributed by atoms with Crippen molar-refractivity contribution in [2.45, 2.75) is 45.1 Å². The van der Waals surface area contributed by atoms with E-state index in [2.05, 4.69) is 5.32 Å². The zero-order valence-electron chi connectivity index (χ0n) is 25.5. The molecule has 2 N–H and O–H groups in total. The van der Waals surface area contributed by atoms with Crippen molar-refractivity contribution in [3.8, 4) is 17.2 Å². The number of ketones is 1. The minimum atomic E-state index is -5.08. The van der Waals surface area contributed by atoms with Crippen LogP contribution in [0.25, 0.3) is 5.69 Å². The number of carboxylic acid groups (broad SMARTS) is 1. The van der Waals surface area contributed by atoms with Crippen LogP contribution >= 0.6 is 0 Å². The van der Waals surface area contributed by atoms with Crippen molar-refractivity contribution < 1.29 is 42.1 Å². The molecule has 0 saturated heterocycles. The average molecular weight is 648 g/mol. The summed E-state index contributed by atoms with van der Waals surface area (Å²) in [6.07, 6.45) is -3.67. The maximum atomic E-state index is 13.8. The fourth-order valence-electron chi connectivity index (χ4n) is 5.06. The van der Waals surface area contributed by atoms with E-state index in [9.17, 15) is 32.3 Å². The van der Waals surface area contributed by atoms with Gasteiger partial charge in [0.2, 0.25) is 0 Å². The van der Waals surface area contributed by atoms with Gasteiger partial charge in [0.1, 0.15) is 23.1 Å². The standard InChI is InChI=1S/C28H31N5O6.C2HF3O2/c1-17(34)18-6-8-19(9-7-18)32-25(35)31-14-12-22-24(33(31)26(32)36)21-11-10-20(16-23(21)39-28(22,2)3)38-27(37)30(5)15-13-29-4;3-2(4,5)1(6)7/h6-12,16,24,29H,13-15H2,1-5H3;(H,6,7). The van der Waals surface area contributed by atoms with Crippen LogP contribution in [0.4, 0.5) is 18.0 Å². The molecule has 0 radical (unpaired) electrons. The fraction of sp³-hybridized carbons (Fsp3) is 0.367. The predicted octanol–water partition coefficient (Wildman–Crippen LogP) is 2.99. The number of carbonyl (C=O) groups excluding carboxylic acids is 2. The van der Waals surface area contributed by atoms with E-state index in [0.29, 0.717) is 41.4 Å². The normalized spacial score (nSPS) is 15.9. The van der Waals surface area contributed by atoms with Gasteiger partial charge in [-0.1, -0.05) is 6.08 Å². The first-order valence-corrected chi connectivity index (χ1v) is 13.9. The van der Waals surface area contributed by atoms with Crippen molar-refractivity contribution in [2.24, 2.45) is 0 Å². The van der Waals surface area contributed by atoms with E-state index in [4.69, 9.17) is 19.4 Å². The molecule has 1 aromatic heterocycles. The number of nitrogens with one attached hydrogen (secondary N) is 1. The van der Waals surface area contributed by atoms with Crippen molar-refractivity contribution >= 4 is 17.8 Å². The number of aliphatic carboxylic acids is 1. The predicted molar refractivity (Wildman–Crippen MR) is 158 cm³/mol. The Labute approximate surface area is 260 Å². The number of halogens is 3. The van der Waals surface area contributed by atoms with Gasteiger partial charge in [-0.15, -0.1) is 0 Å². The molecule has 1 unspecified atom stereocenters. The molecular formula is C30H32F3N5O8. The smallest absolute Gasteiger partial charge is 0.483 e. The summed E-state index contributed by atoms with van der Waals surface area (Å²) in [6, 6.07) is 10.8. The summed E-state index contributed by atoms with van der Waals surface area (Å²) in [5, 5.41) is 10.1. The minimum Gasteiger partial charge on any atom is -0.483 e. The Morgan fingerprint density at radius 1 is 1.11 bits per heavy atom. The lowest BCUT2D eigenvalue weighted by Gasteiger charge is -2.42. The number of benzene rings is 2. The molecule has 1 atom stereocenters. The number of allylic oxidation sites excluding steroid dienone is 1. The van der Waals surface area contributed by atoms with E-state index < -0.39 is 41.3 Å². The number of Topliss-reactive ketones (excluding diaryl/α,β-unsaturated/α-hetero) is 1. The van der Waals surface area contributed by atoms with Crippen LogP contribution in [-0.4, -0.2) is 80.7 Å². The molecule has 46 heavy (non-hydrogen) atoms. The monoisotopic (exact) mass is 647 g/mol. The topological polar surface area (TPSA) is 154 Å². The average Bonchev–Trinajstić information content (AvgIpc) is 3.24. The first-order chi connectivity index (χ1) is 21.5. The van der Waals surface area contributed by atoms with Crippen LogP contribution in [0.2, 0.25) is 0 Å². The number of likely N-dealkylation sites (N-methyl/N-ethyl adjacent to an activating group) is 2. The largest absolute Gasteiger partial charge is 0.490 e. The Morgan fingerprint density at radius 2 is 1.74 bits per heavy atom.